The van der Waals surface area contributed by atoms with Crippen LogP contribution >= 0.6 is 11.3 Å². The smallest absolute Gasteiger partial charge is 0.273 e. The Morgan fingerprint density at radius 3 is 2.31 bits per heavy atom. The maximum atomic E-state index is 13.3. The largest absolute Gasteiger partial charge is 0.321 e. The number of carbonyl (C=O) groups excluding carboxylic acids is 1. The highest BCUT2D eigenvalue weighted by atomic mass is 32.1. The second-order valence-corrected chi connectivity index (χ2v) is 8.22. The molecule has 1 heterocycles. The summed E-state index contributed by atoms with van der Waals surface area (Å²) in [7, 11) is 0. The first kappa shape index (κ1) is 23.3. The number of thiazole rings is 1. The van der Waals surface area contributed by atoms with E-state index in [1.165, 1.54) is 59.2 Å². The lowest BCUT2D eigenvalue weighted by Crippen LogP contribution is -2.32. The molecule has 0 spiro atoms. The molecule has 10 heteroatoms. The van der Waals surface area contributed by atoms with Gasteiger partial charge in [-0.15, -0.1) is 11.3 Å². The maximum absolute atomic E-state index is 13.3. The molecule has 4 rings (SSSR count). The Kier molecular flexibility index (Phi) is 6.62. The number of aromatic nitrogens is 1. The predicted molar refractivity (Wildman–Crippen MR) is 130 cm³/mol. The Morgan fingerprint density at radius 2 is 1.71 bits per heavy atom. The number of hydrogen-bond donors (Lipinski definition) is 1. The second-order valence-electron chi connectivity index (χ2n) is 7.19. The van der Waals surface area contributed by atoms with E-state index in [9.17, 15) is 29.4 Å². The number of non-ortho nitro benzene ring substituents is 1. The number of nitro benzene ring substituents is 1. The molecule has 0 bridgehead atoms. The molecule has 0 aliphatic heterocycles. The van der Waals surface area contributed by atoms with Crippen LogP contribution < -0.4 is 20.1 Å². The molecule has 0 saturated heterocycles. The third-order valence-electron chi connectivity index (χ3n) is 4.89. The summed E-state index contributed by atoms with van der Waals surface area (Å²) >= 11 is 0.941. The highest BCUT2D eigenvalue weighted by Crippen LogP contribution is 2.13. The molecule has 0 saturated carbocycles. The fraction of sp³-hybridized carbons (Fsp3) is 0. The lowest BCUT2D eigenvalue weighted by molar-refractivity contribution is -0.384. The molecule has 0 fully saturated rings. The van der Waals surface area contributed by atoms with Crippen LogP contribution in [0.25, 0.3) is 17.3 Å². The number of nitrogens with zero attached hydrogens (tertiary/aromatic N) is 3. The molecule has 1 amide bonds. The lowest BCUT2D eigenvalue weighted by Gasteiger charge is -2.05. The zero-order chi connectivity index (χ0) is 24.9. The SMILES string of the molecule is N#CC(C(=O)Nc1ccc(F)cc1)=c1sc(=Cc2ccc([N+](=O)[O-])cc2)c(=O)n1-c1ccccc1. The van der Waals surface area contributed by atoms with Gasteiger partial charge >= 0.3 is 0 Å². The zero-order valence-corrected chi connectivity index (χ0v) is 18.7. The van der Waals surface area contributed by atoms with Crippen LogP contribution in [0.2, 0.25) is 0 Å². The highest BCUT2D eigenvalue weighted by Gasteiger charge is 2.17. The van der Waals surface area contributed by atoms with Crippen molar-refractivity contribution in [2.75, 3.05) is 5.32 Å². The van der Waals surface area contributed by atoms with Crippen LogP contribution in [0.15, 0.2) is 83.7 Å². The van der Waals surface area contributed by atoms with Gasteiger partial charge in [0.15, 0.2) is 5.57 Å². The quantitative estimate of drug-likeness (QED) is 0.344. The zero-order valence-electron chi connectivity index (χ0n) is 17.8. The summed E-state index contributed by atoms with van der Waals surface area (Å²) in [5.41, 5.74) is 0.421. The van der Waals surface area contributed by atoms with Crippen molar-refractivity contribution >= 4 is 40.3 Å². The predicted octanol–water partition coefficient (Wildman–Crippen LogP) is 3.09. The summed E-state index contributed by atoms with van der Waals surface area (Å²) in [6.07, 6.45) is 1.53. The van der Waals surface area contributed by atoms with Crippen LogP contribution in [0.5, 0.6) is 0 Å². The molecule has 0 unspecified atom stereocenters. The van der Waals surface area contributed by atoms with Crippen molar-refractivity contribution in [3.63, 3.8) is 0 Å². The minimum Gasteiger partial charge on any atom is -0.321 e. The van der Waals surface area contributed by atoms with Crippen LogP contribution in [0.4, 0.5) is 15.8 Å². The Bertz CT molecular complexity index is 1640. The van der Waals surface area contributed by atoms with E-state index in [0.29, 0.717) is 11.3 Å². The van der Waals surface area contributed by atoms with Gasteiger partial charge in [-0.05, 0) is 60.2 Å². The van der Waals surface area contributed by atoms with Gasteiger partial charge in [-0.1, -0.05) is 18.2 Å². The summed E-state index contributed by atoms with van der Waals surface area (Å²) in [6.45, 7) is 0. The fourth-order valence-corrected chi connectivity index (χ4v) is 4.33. The third-order valence-corrected chi connectivity index (χ3v) is 5.99. The number of anilines is 1. The van der Waals surface area contributed by atoms with Crippen LogP contribution in [0.1, 0.15) is 5.56 Å². The van der Waals surface area contributed by atoms with Gasteiger partial charge in [0, 0.05) is 17.8 Å². The highest BCUT2D eigenvalue weighted by molar-refractivity contribution is 7.07. The Morgan fingerprint density at radius 1 is 1.06 bits per heavy atom. The van der Waals surface area contributed by atoms with Crippen molar-refractivity contribution in [1.82, 2.24) is 4.57 Å². The van der Waals surface area contributed by atoms with Gasteiger partial charge in [-0.3, -0.25) is 24.3 Å². The number of hydrogen-bond acceptors (Lipinski definition) is 6. The van der Waals surface area contributed by atoms with Crippen molar-refractivity contribution in [3.05, 3.63) is 120 Å². The molecule has 0 atom stereocenters. The minimum absolute atomic E-state index is 0.0896. The van der Waals surface area contributed by atoms with E-state index in [1.807, 2.05) is 6.07 Å². The normalized spacial score (nSPS) is 12.1. The average Bonchev–Trinajstić information content (AvgIpc) is 3.17. The number of carbonyl (C=O) groups is 1. The fourth-order valence-electron chi connectivity index (χ4n) is 3.23. The number of nitriles is 1. The van der Waals surface area contributed by atoms with Crippen LogP contribution in [-0.4, -0.2) is 15.4 Å². The first-order valence-corrected chi connectivity index (χ1v) is 10.9. The Labute approximate surface area is 201 Å². The molecule has 3 aromatic carbocycles. The average molecular weight is 486 g/mol. The molecule has 8 nitrogen and oxygen atoms in total. The van der Waals surface area contributed by atoms with Crippen molar-refractivity contribution in [3.8, 4) is 11.8 Å². The number of amides is 1. The molecule has 1 N–H and O–H groups in total. The van der Waals surface area contributed by atoms with E-state index in [1.54, 1.807) is 30.3 Å². The Hall–Kier alpha value is -4.88. The van der Waals surface area contributed by atoms with Crippen molar-refractivity contribution in [2.45, 2.75) is 0 Å². The first-order valence-electron chi connectivity index (χ1n) is 10.1. The summed E-state index contributed by atoms with van der Waals surface area (Å²) in [4.78, 5) is 36.7. The summed E-state index contributed by atoms with van der Waals surface area (Å²) < 4.78 is 14.8. The number of nitro groups is 1. The third kappa shape index (κ3) is 5.05. The summed E-state index contributed by atoms with van der Waals surface area (Å²) in [5, 5.41) is 23.3. The van der Waals surface area contributed by atoms with Crippen LogP contribution in [0.3, 0.4) is 0 Å². The van der Waals surface area contributed by atoms with Gasteiger partial charge in [-0.2, -0.15) is 5.26 Å². The van der Waals surface area contributed by atoms with Gasteiger partial charge in [0.1, 0.15) is 16.5 Å². The molecule has 172 valence electrons. The second kappa shape index (κ2) is 9.94. The van der Waals surface area contributed by atoms with Crippen molar-refractivity contribution in [2.24, 2.45) is 0 Å². The van der Waals surface area contributed by atoms with E-state index in [4.69, 9.17) is 0 Å². The molecular formula is C25H15FN4O4S. The number of para-hydroxylation sites is 1. The molecule has 35 heavy (non-hydrogen) atoms. The van der Waals surface area contributed by atoms with Gasteiger partial charge < -0.3 is 5.32 Å². The summed E-state index contributed by atoms with van der Waals surface area (Å²) in [5.74, 6) is -1.23. The number of benzene rings is 3. The van der Waals surface area contributed by atoms with E-state index in [0.717, 1.165) is 11.3 Å². The number of halogens is 1. The van der Waals surface area contributed by atoms with Gasteiger partial charge in [0.25, 0.3) is 17.2 Å². The standard InChI is InChI=1S/C25H15FN4O4S/c26-17-8-10-18(11-9-17)28-23(31)21(15-27)25-29(19-4-2-1-3-5-19)24(32)22(35-25)14-16-6-12-20(13-7-16)30(33)34/h1-14H,(H,28,31). The van der Waals surface area contributed by atoms with E-state index >= 15 is 0 Å². The molecular weight excluding hydrogens is 471 g/mol. The van der Waals surface area contributed by atoms with Gasteiger partial charge in [0.05, 0.1) is 15.1 Å². The monoisotopic (exact) mass is 486 g/mol. The van der Waals surface area contributed by atoms with Crippen molar-refractivity contribution in [1.29, 1.82) is 5.26 Å². The van der Waals surface area contributed by atoms with E-state index < -0.39 is 22.2 Å². The topological polar surface area (TPSA) is 118 Å². The first-order chi connectivity index (χ1) is 16.9. The van der Waals surface area contributed by atoms with Crippen molar-refractivity contribution < 1.29 is 14.1 Å². The van der Waals surface area contributed by atoms with E-state index in [-0.39, 0.29) is 26.1 Å². The van der Waals surface area contributed by atoms with E-state index in [2.05, 4.69) is 5.32 Å². The maximum Gasteiger partial charge on any atom is 0.273 e. The Balaban J connectivity index is 1.91. The minimum atomic E-state index is -0.757. The molecule has 0 aliphatic carbocycles. The molecule has 4 aromatic rings. The summed E-state index contributed by atoms with van der Waals surface area (Å²) in [6, 6.07) is 21.1. The number of nitrogens with one attached hydrogen (secondary N) is 1. The molecule has 1 aromatic heterocycles. The van der Waals surface area contributed by atoms with Gasteiger partial charge in [0.2, 0.25) is 0 Å². The lowest BCUT2D eigenvalue weighted by atomic mass is 10.2. The molecule has 0 aliphatic rings. The van der Waals surface area contributed by atoms with Crippen LogP contribution in [-0.2, 0) is 4.79 Å². The van der Waals surface area contributed by atoms with Gasteiger partial charge in [-0.25, -0.2) is 4.39 Å². The molecule has 0 radical (unpaired) electrons. The number of rotatable bonds is 5. The van der Waals surface area contributed by atoms with Crippen LogP contribution in [0, 0.1) is 27.3 Å².